The minimum absolute atomic E-state index is 0.0498. The number of benzene rings is 1. The molecular weight excluding hydrogens is 269 g/mol. The number of nitrogens with zero attached hydrogens (tertiary/aromatic N) is 1. The molecule has 0 spiro atoms. The summed E-state index contributed by atoms with van der Waals surface area (Å²) in [6.45, 7) is 7.14. The predicted octanol–water partition coefficient (Wildman–Crippen LogP) is 3.71. The molecule has 0 amide bonds. The molecule has 21 heavy (non-hydrogen) atoms. The molecule has 2 atom stereocenters. The number of carbonyl (C=O) groups is 1. The van der Waals surface area contributed by atoms with Crippen molar-refractivity contribution in [3.8, 4) is 0 Å². The van der Waals surface area contributed by atoms with Crippen molar-refractivity contribution in [2.75, 3.05) is 13.1 Å². The third-order valence-electron chi connectivity index (χ3n) is 4.95. The molecule has 116 valence electrons. The molecule has 2 unspecified atom stereocenters. The maximum atomic E-state index is 14.0. The van der Waals surface area contributed by atoms with E-state index in [9.17, 15) is 14.3 Å². The summed E-state index contributed by atoms with van der Waals surface area (Å²) in [6, 6.07) is 6.75. The van der Waals surface area contributed by atoms with Crippen molar-refractivity contribution in [2.45, 2.75) is 39.7 Å². The van der Waals surface area contributed by atoms with E-state index in [0.717, 1.165) is 6.42 Å². The Morgan fingerprint density at radius 2 is 2.10 bits per heavy atom. The monoisotopic (exact) mass is 293 g/mol. The average Bonchev–Trinajstić information content (AvgIpc) is 2.88. The third-order valence-corrected chi connectivity index (χ3v) is 4.95. The summed E-state index contributed by atoms with van der Waals surface area (Å²) >= 11 is 0. The van der Waals surface area contributed by atoms with Gasteiger partial charge in [0.25, 0.3) is 0 Å². The number of carboxylic acid groups (broad SMARTS) is 1. The third kappa shape index (κ3) is 2.82. The van der Waals surface area contributed by atoms with Crippen molar-refractivity contribution in [1.82, 2.24) is 4.90 Å². The van der Waals surface area contributed by atoms with Gasteiger partial charge in [-0.1, -0.05) is 39.0 Å². The highest BCUT2D eigenvalue weighted by atomic mass is 19.1. The summed E-state index contributed by atoms with van der Waals surface area (Å²) < 4.78 is 14.0. The van der Waals surface area contributed by atoms with Gasteiger partial charge in [0, 0.05) is 18.2 Å². The summed E-state index contributed by atoms with van der Waals surface area (Å²) in [6.07, 6.45) is 1.40. The number of hydrogen-bond donors (Lipinski definition) is 1. The maximum absolute atomic E-state index is 14.0. The first-order valence-corrected chi connectivity index (χ1v) is 7.64. The van der Waals surface area contributed by atoms with E-state index in [1.165, 1.54) is 6.07 Å². The standard InChI is InChI=1S/C17H24FNO2/c1-4-15(13-7-5-6-8-14(13)18)19-10-9-17(11-19,12(2)3)16(20)21/h5-8,12,15H,4,9-11H2,1-3H3,(H,20,21). The summed E-state index contributed by atoms with van der Waals surface area (Å²) in [5, 5.41) is 9.63. The quantitative estimate of drug-likeness (QED) is 0.899. The van der Waals surface area contributed by atoms with Crippen molar-refractivity contribution in [1.29, 1.82) is 0 Å². The lowest BCUT2D eigenvalue weighted by Gasteiger charge is -2.32. The van der Waals surface area contributed by atoms with Gasteiger partial charge >= 0.3 is 5.97 Å². The van der Waals surface area contributed by atoms with Gasteiger partial charge in [-0.25, -0.2) is 4.39 Å². The van der Waals surface area contributed by atoms with Crippen molar-refractivity contribution in [3.05, 3.63) is 35.6 Å². The molecule has 2 rings (SSSR count). The van der Waals surface area contributed by atoms with Crippen LogP contribution in [0.1, 0.15) is 45.2 Å². The van der Waals surface area contributed by atoms with Gasteiger partial charge in [-0.15, -0.1) is 0 Å². The van der Waals surface area contributed by atoms with Gasteiger partial charge in [0.05, 0.1) is 5.41 Å². The molecule has 0 aromatic heterocycles. The van der Waals surface area contributed by atoms with Crippen LogP contribution in [0.15, 0.2) is 24.3 Å². The number of halogens is 1. The highest BCUT2D eigenvalue weighted by molar-refractivity contribution is 5.75. The van der Waals surface area contributed by atoms with Crippen LogP contribution in [0, 0.1) is 17.2 Å². The molecule has 0 aliphatic carbocycles. The molecule has 1 N–H and O–H groups in total. The lowest BCUT2D eigenvalue weighted by atomic mass is 9.76. The average molecular weight is 293 g/mol. The van der Waals surface area contributed by atoms with Crippen LogP contribution in [0.25, 0.3) is 0 Å². The minimum atomic E-state index is -0.733. The lowest BCUT2D eigenvalue weighted by molar-refractivity contribution is -0.151. The first-order valence-electron chi connectivity index (χ1n) is 7.64. The van der Waals surface area contributed by atoms with Crippen LogP contribution in [0.2, 0.25) is 0 Å². The molecule has 3 nitrogen and oxygen atoms in total. The van der Waals surface area contributed by atoms with Crippen molar-refractivity contribution >= 4 is 5.97 Å². The van der Waals surface area contributed by atoms with Crippen LogP contribution in [-0.4, -0.2) is 29.1 Å². The van der Waals surface area contributed by atoms with E-state index in [-0.39, 0.29) is 17.8 Å². The number of hydrogen-bond acceptors (Lipinski definition) is 2. The number of aliphatic carboxylic acids is 1. The van der Waals surface area contributed by atoms with E-state index in [4.69, 9.17) is 0 Å². The van der Waals surface area contributed by atoms with Crippen molar-refractivity contribution in [3.63, 3.8) is 0 Å². The van der Waals surface area contributed by atoms with E-state index >= 15 is 0 Å². The van der Waals surface area contributed by atoms with Crippen LogP contribution in [0.3, 0.4) is 0 Å². The molecule has 1 aliphatic heterocycles. The Morgan fingerprint density at radius 3 is 2.57 bits per heavy atom. The second kappa shape index (κ2) is 6.14. The normalized spacial score (nSPS) is 24.4. The molecule has 0 saturated carbocycles. The number of likely N-dealkylation sites (tertiary alicyclic amines) is 1. The fraction of sp³-hybridized carbons (Fsp3) is 0.588. The molecule has 0 radical (unpaired) electrons. The Labute approximate surface area is 125 Å². The maximum Gasteiger partial charge on any atom is 0.311 e. The van der Waals surface area contributed by atoms with Crippen LogP contribution in [-0.2, 0) is 4.79 Å². The van der Waals surface area contributed by atoms with Crippen LogP contribution < -0.4 is 0 Å². The van der Waals surface area contributed by atoms with Gasteiger partial charge in [-0.2, -0.15) is 0 Å². The van der Waals surface area contributed by atoms with E-state index in [1.54, 1.807) is 12.1 Å². The summed E-state index contributed by atoms with van der Waals surface area (Å²) in [4.78, 5) is 13.9. The predicted molar refractivity (Wildman–Crippen MR) is 80.5 cm³/mol. The highest BCUT2D eigenvalue weighted by Gasteiger charge is 2.48. The van der Waals surface area contributed by atoms with Gasteiger partial charge in [0.1, 0.15) is 5.82 Å². The first-order chi connectivity index (χ1) is 9.92. The first kappa shape index (κ1) is 16.0. The van der Waals surface area contributed by atoms with Crippen LogP contribution in [0.5, 0.6) is 0 Å². The van der Waals surface area contributed by atoms with Gasteiger partial charge < -0.3 is 5.11 Å². The summed E-state index contributed by atoms with van der Waals surface area (Å²) in [5.41, 5.74) is -0.0384. The topological polar surface area (TPSA) is 40.5 Å². The second-order valence-electron chi connectivity index (χ2n) is 6.28. The zero-order valence-electron chi connectivity index (χ0n) is 13.0. The van der Waals surface area contributed by atoms with Crippen LogP contribution >= 0.6 is 0 Å². The van der Waals surface area contributed by atoms with Gasteiger partial charge in [-0.3, -0.25) is 9.69 Å². The van der Waals surface area contributed by atoms with Crippen LogP contribution in [0.4, 0.5) is 4.39 Å². The fourth-order valence-corrected chi connectivity index (χ4v) is 3.44. The van der Waals surface area contributed by atoms with E-state index in [0.29, 0.717) is 25.1 Å². The van der Waals surface area contributed by atoms with E-state index in [1.807, 2.05) is 26.8 Å². The number of carboxylic acids is 1. The fourth-order valence-electron chi connectivity index (χ4n) is 3.44. The largest absolute Gasteiger partial charge is 0.481 e. The zero-order chi connectivity index (χ0) is 15.6. The zero-order valence-corrected chi connectivity index (χ0v) is 13.0. The van der Waals surface area contributed by atoms with Gasteiger partial charge in [-0.05, 0) is 31.4 Å². The molecule has 1 aromatic carbocycles. The molecular formula is C17H24FNO2. The number of rotatable bonds is 5. The molecule has 0 bridgehead atoms. The Kier molecular flexibility index (Phi) is 4.67. The molecule has 4 heteroatoms. The second-order valence-corrected chi connectivity index (χ2v) is 6.28. The molecule has 1 heterocycles. The Bertz CT molecular complexity index is 517. The SMILES string of the molecule is CCC(c1ccccc1F)N1CCC(C(=O)O)(C(C)C)C1. The minimum Gasteiger partial charge on any atom is -0.481 e. The molecule has 1 aromatic rings. The van der Waals surface area contributed by atoms with Gasteiger partial charge in [0.2, 0.25) is 0 Å². The Balaban J connectivity index is 2.26. The molecule has 1 fully saturated rings. The Hall–Kier alpha value is -1.42. The van der Waals surface area contributed by atoms with Crippen molar-refractivity contribution < 1.29 is 14.3 Å². The Morgan fingerprint density at radius 1 is 1.43 bits per heavy atom. The van der Waals surface area contributed by atoms with E-state index in [2.05, 4.69) is 4.90 Å². The smallest absolute Gasteiger partial charge is 0.311 e. The van der Waals surface area contributed by atoms with Crippen molar-refractivity contribution in [2.24, 2.45) is 11.3 Å². The summed E-state index contributed by atoms with van der Waals surface area (Å²) in [5.74, 6) is -0.872. The highest BCUT2D eigenvalue weighted by Crippen LogP contribution is 2.42. The van der Waals surface area contributed by atoms with Gasteiger partial charge in [0.15, 0.2) is 0 Å². The lowest BCUT2D eigenvalue weighted by Crippen LogP contribution is -2.40. The summed E-state index contributed by atoms with van der Waals surface area (Å²) in [7, 11) is 0. The molecule has 1 aliphatic rings. The molecule has 1 saturated heterocycles. The van der Waals surface area contributed by atoms with E-state index < -0.39 is 11.4 Å².